The van der Waals surface area contributed by atoms with Crippen molar-refractivity contribution in [3.63, 3.8) is 0 Å². The van der Waals surface area contributed by atoms with Gasteiger partial charge < -0.3 is 25.3 Å². The Bertz CT molecular complexity index is 1710. The molecule has 0 spiro atoms. The van der Waals surface area contributed by atoms with Crippen LogP contribution in [0.3, 0.4) is 0 Å². The standard InChI is InChI=1S/C35H37N5O5/c1-2-17-38(35(45)36-20-24-9-4-3-5-10-24)39-23-33(43)40-29(18-25-15-16-30(41)31(42)19-25)34(44)37(22-32(39)40)21-27-13-8-12-26-11-6-7-14-28(26)27/h3-16,19,29,32,41-42H,2,17-18,20-23H2,1H3,(H,36,45)/t29-,32+/m0/s1. The van der Waals surface area contributed by atoms with Crippen LogP contribution in [0.25, 0.3) is 10.8 Å². The minimum Gasteiger partial charge on any atom is -0.504 e. The van der Waals surface area contributed by atoms with Crippen LogP contribution in [0.5, 0.6) is 11.5 Å². The molecule has 2 atom stereocenters. The SMILES string of the molecule is CCCN(C(=O)NCc1ccccc1)N1CC(=O)N2[C@@H](Cc3ccc(O)c(O)c3)C(=O)N(Cc3cccc4ccccc34)C[C@@H]21. The number of nitrogens with zero attached hydrogens (tertiary/aromatic N) is 4. The first-order valence-corrected chi connectivity index (χ1v) is 15.3. The maximum atomic E-state index is 14.2. The summed E-state index contributed by atoms with van der Waals surface area (Å²) in [6.07, 6.45) is 0.239. The zero-order chi connectivity index (χ0) is 31.5. The third-order valence-electron chi connectivity index (χ3n) is 8.54. The van der Waals surface area contributed by atoms with Crippen LogP contribution >= 0.6 is 0 Å². The van der Waals surface area contributed by atoms with Gasteiger partial charge in [0, 0.05) is 26.1 Å². The molecule has 10 heteroatoms. The van der Waals surface area contributed by atoms with Gasteiger partial charge in [-0.25, -0.2) is 4.79 Å². The van der Waals surface area contributed by atoms with Crippen molar-refractivity contribution < 1.29 is 24.6 Å². The number of benzene rings is 4. The summed E-state index contributed by atoms with van der Waals surface area (Å²) < 4.78 is 0. The van der Waals surface area contributed by atoms with Gasteiger partial charge >= 0.3 is 6.03 Å². The summed E-state index contributed by atoms with van der Waals surface area (Å²) >= 11 is 0. The van der Waals surface area contributed by atoms with E-state index < -0.39 is 12.2 Å². The van der Waals surface area contributed by atoms with E-state index in [9.17, 15) is 24.6 Å². The molecule has 2 saturated heterocycles. The molecular formula is C35H37N5O5. The van der Waals surface area contributed by atoms with E-state index in [1.165, 1.54) is 12.1 Å². The Morgan fingerprint density at radius 2 is 1.67 bits per heavy atom. The van der Waals surface area contributed by atoms with Gasteiger partial charge in [-0.05, 0) is 46.0 Å². The Morgan fingerprint density at radius 1 is 0.911 bits per heavy atom. The Hall–Kier alpha value is -5.09. The molecule has 0 saturated carbocycles. The van der Waals surface area contributed by atoms with E-state index in [4.69, 9.17) is 0 Å². The molecule has 0 radical (unpaired) electrons. The lowest BCUT2D eigenvalue weighted by Crippen LogP contribution is -2.66. The highest BCUT2D eigenvalue weighted by molar-refractivity contribution is 5.92. The number of phenols is 2. The van der Waals surface area contributed by atoms with Crippen LogP contribution in [-0.4, -0.2) is 79.7 Å². The summed E-state index contributed by atoms with van der Waals surface area (Å²) in [4.78, 5) is 44.9. The normalized spacial score (nSPS) is 18.3. The number of hydrazine groups is 1. The van der Waals surface area contributed by atoms with Gasteiger partial charge in [0.1, 0.15) is 12.2 Å². The Kier molecular flexibility index (Phi) is 8.57. The molecular weight excluding hydrogens is 570 g/mol. The minimum absolute atomic E-state index is 0.0455. The number of hydrogen-bond donors (Lipinski definition) is 3. The quantitative estimate of drug-likeness (QED) is 0.246. The first kappa shape index (κ1) is 30.0. The maximum absolute atomic E-state index is 14.2. The number of carbonyl (C=O) groups excluding carboxylic acids is 3. The second-order valence-electron chi connectivity index (χ2n) is 11.5. The van der Waals surface area contributed by atoms with Gasteiger partial charge in [0.25, 0.3) is 0 Å². The maximum Gasteiger partial charge on any atom is 0.332 e. The average molecular weight is 608 g/mol. The van der Waals surface area contributed by atoms with Crippen LogP contribution < -0.4 is 5.32 Å². The Labute approximate surface area is 262 Å². The molecule has 2 aliphatic heterocycles. The van der Waals surface area contributed by atoms with E-state index >= 15 is 0 Å². The van der Waals surface area contributed by atoms with Gasteiger partial charge in [0.05, 0.1) is 13.1 Å². The number of rotatable bonds is 9. The molecule has 6 rings (SSSR count). The van der Waals surface area contributed by atoms with Crippen LogP contribution in [0.4, 0.5) is 4.79 Å². The number of carbonyl (C=O) groups is 3. The minimum atomic E-state index is -0.865. The molecule has 4 aromatic carbocycles. The summed E-state index contributed by atoms with van der Waals surface area (Å²) in [5.74, 6) is -1.01. The van der Waals surface area contributed by atoms with Gasteiger partial charge in [-0.2, -0.15) is 5.01 Å². The fourth-order valence-corrected chi connectivity index (χ4v) is 6.37. The Morgan fingerprint density at radius 3 is 2.44 bits per heavy atom. The smallest absolute Gasteiger partial charge is 0.332 e. The third kappa shape index (κ3) is 6.14. The van der Waals surface area contributed by atoms with Crippen molar-refractivity contribution in [2.45, 2.75) is 45.1 Å². The number of piperazine rings is 1. The first-order valence-electron chi connectivity index (χ1n) is 15.3. The number of aromatic hydroxyl groups is 2. The molecule has 2 aliphatic rings. The molecule has 0 unspecified atom stereocenters. The first-order chi connectivity index (χ1) is 21.8. The van der Waals surface area contributed by atoms with Crippen molar-refractivity contribution >= 4 is 28.6 Å². The third-order valence-corrected chi connectivity index (χ3v) is 8.54. The molecule has 10 nitrogen and oxygen atoms in total. The number of urea groups is 1. The van der Waals surface area contributed by atoms with Crippen molar-refractivity contribution in [1.82, 2.24) is 25.1 Å². The second-order valence-corrected chi connectivity index (χ2v) is 11.5. The van der Waals surface area contributed by atoms with Crippen molar-refractivity contribution in [3.05, 3.63) is 108 Å². The van der Waals surface area contributed by atoms with Crippen LogP contribution in [0.15, 0.2) is 91.0 Å². The zero-order valence-corrected chi connectivity index (χ0v) is 25.2. The molecule has 3 N–H and O–H groups in total. The van der Waals surface area contributed by atoms with E-state index in [0.29, 0.717) is 31.6 Å². The second kappa shape index (κ2) is 12.9. The lowest BCUT2D eigenvalue weighted by Gasteiger charge is -2.46. The number of nitrogens with one attached hydrogen (secondary N) is 1. The highest BCUT2D eigenvalue weighted by Gasteiger charge is 2.52. The van der Waals surface area contributed by atoms with Gasteiger partial charge in [0.15, 0.2) is 11.5 Å². The highest BCUT2D eigenvalue weighted by Crippen LogP contribution is 2.33. The zero-order valence-electron chi connectivity index (χ0n) is 25.2. The lowest BCUT2D eigenvalue weighted by molar-refractivity contribution is -0.157. The summed E-state index contributed by atoms with van der Waals surface area (Å²) in [6.45, 7) is 3.22. The number of fused-ring (bicyclic) bond motifs is 2. The average Bonchev–Trinajstić information content (AvgIpc) is 3.37. The van der Waals surface area contributed by atoms with Crippen LogP contribution in [-0.2, 0) is 29.1 Å². The largest absolute Gasteiger partial charge is 0.504 e. The van der Waals surface area contributed by atoms with Crippen molar-refractivity contribution in [1.29, 1.82) is 0 Å². The number of amides is 4. The summed E-state index contributed by atoms with van der Waals surface area (Å²) in [5.41, 5.74) is 2.55. The molecule has 2 fully saturated rings. The monoisotopic (exact) mass is 607 g/mol. The molecule has 45 heavy (non-hydrogen) atoms. The predicted octanol–water partition coefficient (Wildman–Crippen LogP) is 4.21. The van der Waals surface area contributed by atoms with Crippen LogP contribution in [0.1, 0.15) is 30.0 Å². The number of phenolic OH excluding ortho intramolecular Hbond substituents is 2. The summed E-state index contributed by atoms with van der Waals surface area (Å²) in [5, 5.41) is 28.5. The number of hydrogen-bond acceptors (Lipinski definition) is 6. The predicted molar refractivity (Wildman–Crippen MR) is 170 cm³/mol. The summed E-state index contributed by atoms with van der Waals surface area (Å²) in [6, 6.07) is 26.9. The van der Waals surface area contributed by atoms with E-state index in [-0.39, 0.29) is 48.9 Å². The molecule has 4 amide bonds. The molecule has 232 valence electrons. The van der Waals surface area contributed by atoms with Crippen LogP contribution in [0, 0.1) is 0 Å². The Balaban J connectivity index is 1.33. The van der Waals surface area contributed by atoms with E-state index in [2.05, 4.69) is 5.32 Å². The van der Waals surface area contributed by atoms with Crippen molar-refractivity contribution in [3.8, 4) is 11.5 Å². The van der Waals surface area contributed by atoms with Gasteiger partial charge in [0.2, 0.25) is 11.8 Å². The molecule has 4 aromatic rings. The van der Waals surface area contributed by atoms with Crippen LogP contribution in [0.2, 0.25) is 0 Å². The molecule has 0 aliphatic carbocycles. The lowest BCUT2D eigenvalue weighted by atomic mass is 9.98. The topological polar surface area (TPSA) is 117 Å². The molecule has 2 heterocycles. The van der Waals surface area contributed by atoms with Gasteiger partial charge in [-0.15, -0.1) is 0 Å². The van der Waals surface area contributed by atoms with Crippen molar-refractivity contribution in [2.24, 2.45) is 0 Å². The van der Waals surface area contributed by atoms with Crippen molar-refractivity contribution in [2.75, 3.05) is 19.6 Å². The molecule has 0 aromatic heterocycles. The van der Waals surface area contributed by atoms with E-state index in [0.717, 1.165) is 21.9 Å². The van der Waals surface area contributed by atoms with Gasteiger partial charge in [-0.3, -0.25) is 14.6 Å². The highest BCUT2D eigenvalue weighted by atomic mass is 16.3. The fraction of sp³-hybridized carbons (Fsp3) is 0.286. The fourth-order valence-electron chi connectivity index (χ4n) is 6.37. The molecule has 0 bridgehead atoms. The summed E-state index contributed by atoms with van der Waals surface area (Å²) in [7, 11) is 0. The van der Waals surface area contributed by atoms with Gasteiger partial charge in [-0.1, -0.05) is 85.8 Å². The van der Waals surface area contributed by atoms with E-state index in [1.54, 1.807) is 25.9 Å². The van der Waals surface area contributed by atoms with E-state index in [1.807, 2.05) is 79.7 Å².